The van der Waals surface area contributed by atoms with Crippen LogP contribution in [0, 0.1) is 10.8 Å². The third-order valence-corrected chi connectivity index (χ3v) is 7.93. The van der Waals surface area contributed by atoms with Crippen LogP contribution in [0.5, 0.6) is 0 Å². The van der Waals surface area contributed by atoms with Gasteiger partial charge in [-0.1, -0.05) is 41.9 Å². The number of ether oxygens (including phenoxy) is 1. The van der Waals surface area contributed by atoms with Crippen LogP contribution in [0.1, 0.15) is 46.5 Å². The highest BCUT2D eigenvalue weighted by atomic mass is 79.9. The fourth-order valence-corrected chi connectivity index (χ4v) is 5.49. The first kappa shape index (κ1) is 13.5. The van der Waals surface area contributed by atoms with E-state index in [1.165, 1.54) is 5.57 Å². The molecule has 1 nitrogen and oxygen atoms in total. The summed E-state index contributed by atoms with van der Waals surface area (Å²) in [6, 6.07) is 0. The summed E-state index contributed by atoms with van der Waals surface area (Å²) in [7, 11) is 0. The summed E-state index contributed by atoms with van der Waals surface area (Å²) >= 11 is 10.5. The van der Waals surface area contributed by atoms with E-state index < -0.39 is 0 Å². The predicted octanol–water partition coefficient (Wildman–Crippen LogP) is 4.67. The van der Waals surface area contributed by atoms with Crippen molar-refractivity contribution in [3.8, 4) is 0 Å². The molecule has 0 aromatic rings. The van der Waals surface area contributed by atoms with Crippen LogP contribution in [0.2, 0.25) is 0 Å². The molecule has 1 aliphatic heterocycles. The molecule has 3 fully saturated rings. The molecular formula is C15H22BrClO. The Morgan fingerprint density at radius 2 is 1.94 bits per heavy atom. The Hall–Kier alpha value is 0.470. The Kier molecular flexibility index (Phi) is 2.82. The van der Waals surface area contributed by atoms with Crippen molar-refractivity contribution in [3.05, 3.63) is 12.2 Å². The average molecular weight is 334 g/mol. The molecular weight excluding hydrogens is 312 g/mol. The molecule has 0 N–H and O–H groups in total. The molecule has 0 unspecified atom stereocenters. The zero-order valence-corrected chi connectivity index (χ0v) is 13.8. The van der Waals surface area contributed by atoms with Crippen molar-refractivity contribution in [1.29, 1.82) is 0 Å². The van der Waals surface area contributed by atoms with E-state index in [4.69, 9.17) is 16.3 Å². The third kappa shape index (κ3) is 1.43. The minimum atomic E-state index is -0.205. The lowest BCUT2D eigenvalue weighted by molar-refractivity contribution is 0.000826. The largest absolute Gasteiger partial charge is 0.373 e. The molecule has 3 aliphatic rings. The van der Waals surface area contributed by atoms with Gasteiger partial charge in [-0.05, 0) is 32.6 Å². The van der Waals surface area contributed by atoms with Crippen molar-refractivity contribution in [2.75, 3.05) is 0 Å². The highest BCUT2D eigenvalue weighted by molar-refractivity contribution is 9.09. The highest BCUT2D eigenvalue weighted by Gasteiger charge is 2.68. The zero-order valence-electron chi connectivity index (χ0n) is 11.4. The van der Waals surface area contributed by atoms with Gasteiger partial charge in [0.15, 0.2) is 0 Å². The van der Waals surface area contributed by atoms with E-state index in [1.807, 2.05) is 0 Å². The van der Waals surface area contributed by atoms with Gasteiger partial charge in [0.1, 0.15) is 0 Å². The van der Waals surface area contributed by atoms with Crippen LogP contribution in [0.25, 0.3) is 0 Å². The van der Waals surface area contributed by atoms with Crippen LogP contribution >= 0.6 is 27.5 Å². The monoisotopic (exact) mass is 332 g/mol. The summed E-state index contributed by atoms with van der Waals surface area (Å²) in [4.78, 5) is 0.128. The second-order valence-corrected chi connectivity index (χ2v) is 9.07. The van der Waals surface area contributed by atoms with E-state index in [1.54, 1.807) is 0 Å². The molecule has 18 heavy (non-hydrogen) atoms. The first-order chi connectivity index (χ1) is 8.22. The third-order valence-electron chi connectivity index (χ3n) is 5.91. The minimum absolute atomic E-state index is 0.123. The maximum Gasteiger partial charge on any atom is 0.0695 e. The number of alkyl halides is 2. The fourth-order valence-electron chi connectivity index (χ4n) is 4.57. The first-order valence-corrected chi connectivity index (χ1v) is 8.18. The van der Waals surface area contributed by atoms with E-state index in [-0.39, 0.29) is 21.8 Å². The molecule has 0 amide bonds. The normalized spacial score (nSPS) is 54.3. The maximum absolute atomic E-state index is 6.66. The molecule has 102 valence electrons. The Labute approximate surface area is 123 Å². The lowest BCUT2D eigenvalue weighted by atomic mass is 9.50. The molecule has 0 aromatic heterocycles. The van der Waals surface area contributed by atoms with Crippen LogP contribution < -0.4 is 0 Å². The van der Waals surface area contributed by atoms with Gasteiger partial charge in [0.05, 0.1) is 17.1 Å². The highest BCUT2D eigenvalue weighted by Crippen LogP contribution is 2.68. The number of hydrogen-bond donors (Lipinski definition) is 0. The van der Waals surface area contributed by atoms with Gasteiger partial charge in [0.2, 0.25) is 0 Å². The number of rotatable bonds is 0. The van der Waals surface area contributed by atoms with Crippen LogP contribution in [-0.4, -0.2) is 21.9 Å². The van der Waals surface area contributed by atoms with Crippen LogP contribution in [-0.2, 0) is 4.74 Å². The van der Waals surface area contributed by atoms with Gasteiger partial charge in [0.25, 0.3) is 0 Å². The van der Waals surface area contributed by atoms with Gasteiger partial charge < -0.3 is 4.74 Å². The maximum atomic E-state index is 6.66. The van der Waals surface area contributed by atoms with Crippen LogP contribution in [0.3, 0.4) is 0 Å². The van der Waals surface area contributed by atoms with E-state index >= 15 is 0 Å². The molecule has 3 rings (SSSR count). The van der Waals surface area contributed by atoms with Gasteiger partial charge in [0, 0.05) is 15.7 Å². The summed E-state index contributed by atoms with van der Waals surface area (Å²) in [5, 5.41) is 0. The number of hydrogen-bond acceptors (Lipinski definition) is 1. The molecule has 1 spiro atoms. The fraction of sp³-hybridized carbons (Fsp3) is 0.867. The number of halogens is 2. The zero-order chi connectivity index (χ0) is 13.3. The Balaban J connectivity index is 2.08. The van der Waals surface area contributed by atoms with E-state index in [2.05, 4.69) is 43.3 Å². The number of fused-ring (bicyclic) bond motifs is 1. The lowest BCUT2D eigenvalue weighted by Crippen LogP contribution is -2.55. The van der Waals surface area contributed by atoms with Crippen molar-refractivity contribution in [2.45, 2.75) is 68.4 Å². The van der Waals surface area contributed by atoms with Crippen molar-refractivity contribution in [2.24, 2.45) is 10.8 Å². The molecule has 2 aliphatic carbocycles. The van der Waals surface area contributed by atoms with E-state index in [9.17, 15) is 0 Å². The minimum Gasteiger partial charge on any atom is -0.373 e. The van der Waals surface area contributed by atoms with Gasteiger partial charge in [-0.15, -0.1) is 11.6 Å². The standard InChI is InChI=1S/C15H22BrClO/c1-9-5-6-11-13(2,3)15(9)7-10(16)14(4,17)8-12(15)18-11/h10-12H,1,5-8H2,2-4H3/t10-,11-,12+,14-,15-/m0/s1. The summed E-state index contributed by atoms with van der Waals surface area (Å²) in [5.41, 5.74) is 1.70. The molecule has 1 heterocycles. The van der Waals surface area contributed by atoms with Crippen molar-refractivity contribution in [1.82, 2.24) is 0 Å². The molecule has 2 saturated carbocycles. The predicted molar refractivity (Wildman–Crippen MR) is 79.5 cm³/mol. The second kappa shape index (κ2) is 3.77. The van der Waals surface area contributed by atoms with E-state index in [0.29, 0.717) is 10.9 Å². The van der Waals surface area contributed by atoms with Gasteiger partial charge in [-0.25, -0.2) is 0 Å². The molecule has 1 saturated heterocycles. The van der Waals surface area contributed by atoms with Crippen LogP contribution in [0.15, 0.2) is 12.2 Å². The average Bonchev–Trinajstić information content (AvgIpc) is 2.38. The van der Waals surface area contributed by atoms with Gasteiger partial charge in [-0.2, -0.15) is 0 Å². The Morgan fingerprint density at radius 1 is 1.28 bits per heavy atom. The quantitative estimate of drug-likeness (QED) is 0.462. The van der Waals surface area contributed by atoms with E-state index in [0.717, 1.165) is 25.7 Å². The summed E-state index contributed by atoms with van der Waals surface area (Å²) in [6.07, 6.45) is 4.84. The topological polar surface area (TPSA) is 9.23 Å². The first-order valence-electron chi connectivity index (χ1n) is 6.88. The SMILES string of the molecule is C=C1CC[C@@H]2O[C@@H]3C[C@](C)(Cl)[C@@H](Br)C[C@]13C2(C)C. The molecule has 0 radical (unpaired) electrons. The van der Waals surface area contributed by atoms with Crippen molar-refractivity contribution < 1.29 is 4.74 Å². The Morgan fingerprint density at radius 3 is 2.61 bits per heavy atom. The summed E-state index contributed by atoms with van der Waals surface area (Å²) in [6.45, 7) is 11.2. The van der Waals surface area contributed by atoms with Gasteiger partial charge >= 0.3 is 0 Å². The summed E-state index contributed by atoms with van der Waals surface area (Å²) in [5.74, 6) is 0. The Bertz CT molecular complexity index is 403. The van der Waals surface area contributed by atoms with Crippen molar-refractivity contribution in [3.63, 3.8) is 0 Å². The molecule has 5 atom stereocenters. The van der Waals surface area contributed by atoms with Crippen molar-refractivity contribution >= 4 is 27.5 Å². The lowest BCUT2D eigenvalue weighted by Gasteiger charge is -2.55. The second-order valence-electron chi connectivity index (χ2n) is 7.10. The summed E-state index contributed by atoms with van der Waals surface area (Å²) < 4.78 is 6.38. The smallest absolute Gasteiger partial charge is 0.0695 e. The van der Waals surface area contributed by atoms with Gasteiger partial charge in [-0.3, -0.25) is 0 Å². The molecule has 0 aromatic carbocycles. The molecule has 2 bridgehead atoms. The molecule has 3 heteroatoms. The van der Waals surface area contributed by atoms with Crippen LogP contribution in [0.4, 0.5) is 0 Å².